The van der Waals surface area contributed by atoms with Gasteiger partial charge in [0.1, 0.15) is 6.10 Å². The number of aliphatic hydroxyl groups is 3. The Bertz CT molecular complexity index is 262. The van der Waals surface area contributed by atoms with E-state index in [0.717, 1.165) is 6.42 Å². The van der Waals surface area contributed by atoms with Gasteiger partial charge in [-0.25, -0.2) is 0 Å². The molecular weight excluding hydrogens is 224 g/mol. The lowest BCUT2D eigenvalue weighted by Crippen LogP contribution is -2.66. The molecule has 1 fully saturated rings. The third-order valence-electron chi connectivity index (χ3n) is 3.14. The third kappa shape index (κ3) is 3.38. The number of carbonyl (C=O) groups is 1. The molecule has 0 aliphatic carbocycles. The van der Waals surface area contributed by atoms with Gasteiger partial charge in [0.05, 0.1) is 24.8 Å². The molecule has 0 bridgehead atoms. The number of nitrogens with one attached hydrogen (secondary N) is 1. The Labute approximate surface area is 101 Å². The van der Waals surface area contributed by atoms with Gasteiger partial charge in [-0.3, -0.25) is 9.69 Å². The number of amides is 1. The molecule has 0 aromatic heterocycles. The van der Waals surface area contributed by atoms with Crippen molar-refractivity contribution in [3.63, 3.8) is 0 Å². The molecule has 4 N–H and O–H groups in total. The Morgan fingerprint density at radius 2 is 2.06 bits per heavy atom. The number of nitrogens with zero attached hydrogens (tertiary/aromatic N) is 1. The molecule has 0 aromatic carbocycles. The fraction of sp³-hybridized carbons (Fsp3) is 0.909. The zero-order chi connectivity index (χ0) is 13.0. The van der Waals surface area contributed by atoms with Crippen LogP contribution < -0.4 is 5.32 Å². The van der Waals surface area contributed by atoms with E-state index < -0.39 is 24.3 Å². The lowest BCUT2D eigenvalue weighted by Gasteiger charge is -2.44. The molecule has 0 aromatic rings. The average Bonchev–Trinajstić information content (AvgIpc) is 2.26. The Morgan fingerprint density at radius 3 is 2.53 bits per heavy atom. The number of hydrogen-bond donors (Lipinski definition) is 4. The first kappa shape index (κ1) is 14.4. The van der Waals surface area contributed by atoms with Gasteiger partial charge in [0.25, 0.3) is 0 Å². The Morgan fingerprint density at radius 1 is 1.41 bits per heavy atom. The predicted octanol–water partition coefficient (Wildman–Crippen LogP) is -1.70. The van der Waals surface area contributed by atoms with Crippen molar-refractivity contribution in [2.75, 3.05) is 19.7 Å². The molecule has 1 amide bonds. The largest absolute Gasteiger partial charge is 0.395 e. The van der Waals surface area contributed by atoms with Gasteiger partial charge in [-0.15, -0.1) is 0 Å². The molecule has 100 valence electrons. The van der Waals surface area contributed by atoms with Crippen molar-refractivity contribution in [1.29, 1.82) is 0 Å². The standard InChI is InChI=1S/C11H22N2O4/c1-3-4-13-5-8(12-7(2)15)10(16)11(17)9(13)6-14/h8-11,14,16-17H,3-6H2,1-2H3,(H,12,15)/t8?,9?,10?,11-/m1/s1. The molecule has 1 aliphatic heterocycles. The molecule has 17 heavy (non-hydrogen) atoms. The quantitative estimate of drug-likeness (QED) is 0.474. The van der Waals surface area contributed by atoms with E-state index in [1.807, 2.05) is 11.8 Å². The zero-order valence-electron chi connectivity index (χ0n) is 10.3. The maximum Gasteiger partial charge on any atom is 0.217 e. The highest BCUT2D eigenvalue weighted by Crippen LogP contribution is 2.19. The molecule has 6 nitrogen and oxygen atoms in total. The van der Waals surface area contributed by atoms with E-state index in [-0.39, 0.29) is 12.5 Å². The van der Waals surface area contributed by atoms with Crippen molar-refractivity contribution >= 4 is 5.91 Å². The molecular formula is C11H22N2O4. The molecule has 0 radical (unpaired) electrons. The summed E-state index contributed by atoms with van der Waals surface area (Å²) in [5.41, 5.74) is 0. The third-order valence-corrected chi connectivity index (χ3v) is 3.14. The average molecular weight is 246 g/mol. The van der Waals surface area contributed by atoms with Crippen LogP contribution in [0.5, 0.6) is 0 Å². The minimum absolute atomic E-state index is 0.203. The van der Waals surface area contributed by atoms with Gasteiger partial charge < -0.3 is 20.6 Å². The molecule has 1 aliphatic rings. The van der Waals surface area contributed by atoms with Gasteiger partial charge in [0.15, 0.2) is 0 Å². The fourth-order valence-electron chi connectivity index (χ4n) is 2.34. The van der Waals surface area contributed by atoms with Crippen LogP contribution in [-0.2, 0) is 4.79 Å². The summed E-state index contributed by atoms with van der Waals surface area (Å²) in [6, 6.07) is -0.952. The molecule has 1 saturated heterocycles. The van der Waals surface area contributed by atoms with Crippen LogP contribution in [0.2, 0.25) is 0 Å². The van der Waals surface area contributed by atoms with E-state index in [2.05, 4.69) is 5.32 Å². The number of likely N-dealkylation sites (tertiary alicyclic amines) is 1. The lowest BCUT2D eigenvalue weighted by atomic mass is 9.92. The molecule has 0 spiro atoms. The van der Waals surface area contributed by atoms with Crippen molar-refractivity contribution in [3.05, 3.63) is 0 Å². The van der Waals surface area contributed by atoms with Crippen LogP contribution in [-0.4, -0.2) is 70.1 Å². The molecule has 1 heterocycles. The van der Waals surface area contributed by atoms with Crippen LogP contribution >= 0.6 is 0 Å². The van der Waals surface area contributed by atoms with E-state index in [1.54, 1.807) is 0 Å². The van der Waals surface area contributed by atoms with Crippen molar-refractivity contribution in [2.24, 2.45) is 0 Å². The highest BCUT2D eigenvalue weighted by Gasteiger charge is 2.41. The van der Waals surface area contributed by atoms with Crippen molar-refractivity contribution in [2.45, 2.75) is 44.6 Å². The van der Waals surface area contributed by atoms with Crippen LogP contribution in [0.3, 0.4) is 0 Å². The van der Waals surface area contributed by atoms with Crippen LogP contribution in [0.15, 0.2) is 0 Å². The molecule has 3 unspecified atom stereocenters. The highest BCUT2D eigenvalue weighted by atomic mass is 16.3. The second-order valence-electron chi connectivity index (χ2n) is 4.53. The maximum absolute atomic E-state index is 11.0. The summed E-state index contributed by atoms with van der Waals surface area (Å²) in [5, 5.41) is 31.7. The van der Waals surface area contributed by atoms with Gasteiger partial charge in [-0.2, -0.15) is 0 Å². The number of piperidine rings is 1. The monoisotopic (exact) mass is 246 g/mol. The number of rotatable bonds is 4. The lowest BCUT2D eigenvalue weighted by molar-refractivity contribution is -0.128. The minimum Gasteiger partial charge on any atom is -0.395 e. The normalized spacial score (nSPS) is 34.6. The number of carbonyl (C=O) groups excluding carboxylic acids is 1. The minimum atomic E-state index is -1.04. The molecule has 4 atom stereocenters. The Kier molecular flexibility index (Phi) is 5.32. The summed E-state index contributed by atoms with van der Waals surface area (Å²) in [5.74, 6) is -0.236. The second kappa shape index (κ2) is 6.30. The molecule has 0 saturated carbocycles. The highest BCUT2D eigenvalue weighted by molar-refractivity contribution is 5.73. The van der Waals surface area contributed by atoms with Crippen LogP contribution in [0.4, 0.5) is 0 Å². The maximum atomic E-state index is 11.0. The number of aliphatic hydroxyl groups excluding tert-OH is 3. The first-order valence-electron chi connectivity index (χ1n) is 5.99. The topological polar surface area (TPSA) is 93.0 Å². The van der Waals surface area contributed by atoms with E-state index in [1.165, 1.54) is 6.92 Å². The second-order valence-corrected chi connectivity index (χ2v) is 4.53. The van der Waals surface area contributed by atoms with Crippen LogP contribution in [0.25, 0.3) is 0 Å². The number of hydrogen-bond acceptors (Lipinski definition) is 5. The van der Waals surface area contributed by atoms with Gasteiger partial charge >= 0.3 is 0 Å². The first-order valence-corrected chi connectivity index (χ1v) is 5.99. The van der Waals surface area contributed by atoms with E-state index in [0.29, 0.717) is 13.1 Å². The SMILES string of the molecule is CCCN1CC(NC(C)=O)C(O)[C@H](O)C1CO. The summed E-state index contributed by atoms with van der Waals surface area (Å²) in [6.07, 6.45) is -1.20. The summed E-state index contributed by atoms with van der Waals surface area (Å²) < 4.78 is 0. The zero-order valence-corrected chi connectivity index (χ0v) is 10.3. The molecule has 6 heteroatoms. The van der Waals surface area contributed by atoms with Crippen LogP contribution in [0.1, 0.15) is 20.3 Å². The fourth-order valence-corrected chi connectivity index (χ4v) is 2.34. The summed E-state index contributed by atoms with van der Waals surface area (Å²) in [6.45, 7) is 4.33. The summed E-state index contributed by atoms with van der Waals surface area (Å²) in [7, 11) is 0. The smallest absolute Gasteiger partial charge is 0.217 e. The van der Waals surface area contributed by atoms with Crippen LogP contribution in [0, 0.1) is 0 Å². The first-order chi connectivity index (χ1) is 8.01. The van der Waals surface area contributed by atoms with Gasteiger partial charge in [0.2, 0.25) is 5.91 Å². The molecule has 1 rings (SSSR count). The van der Waals surface area contributed by atoms with Gasteiger partial charge in [-0.05, 0) is 13.0 Å². The van der Waals surface area contributed by atoms with Crippen molar-refractivity contribution in [1.82, 2.24) is 10.2 Å². The van der Waals surface area contributed by atoms with E-state index in [4.69, 9.17) is 0 Å². The summed E-state index contributed by atoms with van der Waals surface area (Å²) in [4.78, 5) is 12.9. The Balaban J connectivity index is 2.74. The van der Waals surface area contributed by atoms with Gasteiger partial charge in [-0.1, -0.05) is 6.92 Å². The van der Waals surface area contributed by atoms with Gasteiger partial charge in [0, 0.05) is 13.5 Å². The van der Waals surface area contributed by atoms with Crippen molar-refractivity contribution < 1.29 is 20.1 Å². The summed E-state index contributed by atoms with van der Waals surface area (Å²) >= 11 is 0. The Hall–Kier alpha value is -0.690. The predicted molar refractivity (Wildman–Crippen MR) is 62.4 cm³/mol. The van der Waals surface area contributed by atoms with Crippen molar-refractivity contribution in [3.8, 4) is 0 Å². The van der Waals surface area contributed by atoms with E-state index >= 15 is 0 Å². The van der Waals surface area contributed by atoms with E-state index in [9.17, 15) is 20.1 Å².